The topological polar surface area (TPSA) is 82.1 Å². The first kappa shape index (κ1) is 17.4. The van der Waals surface area contributed by atoms with Gasteiger partial charge in [-0.05, 0) is 55.8 Å². The van der Waals surface area contributed by atoms with Gasteiger partial charge in [0, 0.05) is 22.9 Å². The molecule has 0 fully saturated rings. The lowest BCUT2D eigenvalue weighted by Gasteiger charge is -2.13. The predicted molar refractivity (Wildman–Crippen MR) is 97.9 cm³/mol. The van der Waals surface area contributed by atoms with Crippen molar-refractivity contribution in [1.82, 2.24) is 4.98 Å². The number of carbonyl (C=O) groups is 2. The molecule has 3 rings (SSSR count). The van der Waals surface area contributed by atoms with Crippen LogP contribution in [0.25, 0.3) is 11.3 Å². The lowest BCUT2D eigenvalue weighted by atomic mass is 10.1. The van der Waals surface area contributed by atoms with Crippen molar-refractivity contribution >= 4 is 17.6 Å². The number of hydrogen-bond acceptors (Lipinski definition) is 4. The van der Waals surface area contributed by atoms with E-state index in [1.807, 2.05) is 31.2 Å². The third-order valence-electron chi connectivity index (χ3n) is 4.00. The maximum Gasteiger partial charge on any atom is 0.255 e. The summed E-state index contributed by atoms with van der Waals surface area (Å²) in [6.07, 6.45) is 1.74. The monoisotopic (exact) mass is 345 g/mol. The van der Waals surface area contributed by atoms with Crippen LogP contribution in [0.15, 0.2) is 60.8 Å². The summed E-state index contributed by atoms with van der Waals surface area (Å²) >= 11 is 0. The van der Waals surface area contributed by atoms with Crippen molar-refractivity contribution in [3.05, 3.63) is 83.0 Å². The number of nitrogens with zero attached hydrogens (tertiary/aromatic N) is 1. The van der Waals surface area contributed by atoms with Crippen LogP contribution in [0.1, 0.15) is 31.8 Å². The first-order chi connectivity index (χ1) is 12.4. The zero-order valence-electron chi connectivity index (χ0n) is 14.4. The third-order valence-corrected chi connectivity index (χ3v) is 4.00. The van der Waals surface area contributed by atoms with E-state index in [-0.39, 0.29) is 17.2 Å². The fraction of sp³-hybridized carbons (Fsp3) is 0.0952. The zero-order chi connectivity index (χ0) is 18.7. The van der Waals surface area contributed by atoms with E-state index in [2.05, 4.69) is 10.3 Å². The minimum absolute atomic E-state index is 0.0427. The van der Waals surface area contributed by atoms with Crippen molar-refractivity contribution < 1.29 is 14.7 Å². The molecule has 0 bridgehead atoms. The lowest BCUT2D eigenvalue weighted by Crippen LogP contribution is -2.25. The van der Waals surface area contributed by atoms with E-state index < -0.39 is 5.97 Å². The van der Waals surface area contributed by atoms with E-state index in [1.54, 1.807) is 37.4 Å². The van der Waals surface area contributed by atoms with Crippen LogP contribution >= 0.6 is 0 Å². The van der Waals surface area contributed by atoms with E-state index in [1.165, 1.54) is 6.07 Å². The molecule has 0 aliphatic heterocycles. The van der Waals surface area contributed by atoms with Crippen molar-refractivity contribution in [1.29, 1.82) is 0 Å². The van der Waals surface area contributed by atoms with Crippen LogP contribution in [0.2, 0.25) is 0 Å². The number of nitrogens with one attached hydrogen (secondary N) is 1. The van der Waals surface area contributed by atoms with Gasteiger partial charge in [0.25, 0.3) is 5.91 Å². The van der Waals surface area contributed by atoms with Gasteiger partial charge in [-0.25, -0.2) is 0 Å². The fourth-order valence-corrected chi connectivity index (χ4v) is 2.62. The molecule has 1 aromatic heterocycles. The van der Waals surface area contributed by atoms with Gasteiger partial charge in [0.2, 0.25) is 0 Å². The molecule has 0 aliphatic carbocycles. The molecule has 0 unspecified atom stereocenters. The molecule has 26 heavy (non-hydrogen) atoms. The van der Waals surface area contributed by atoms with Crippen LogP contribution in [0.4, 0.5) is 5.69 Å². The summed E-state index contributed by atoms with van der Waals surface area (Å²) in [4.78, 5) is 28.0. The van der Waals surface area contributed by atoms with Crippen LogP contribution in [-0.2, 0) is 0 Å². The average molecular weight is 345 g/mol. The molecule has 1 N–H and O–H groups in total. The van der Waals surface area contributed by atoms with E-state index >= 15 is 0 Å². The Labute approximate surface area is 151 Å². The Bertz CT molecular complexity index is 979. The van der Waals surface area contributed by atoms with Crippen LogP contribution in [0, 0.1) is 13.8 Å². The quantitative estimate of drug-likeness (QED) is 0.788. The highest BCUT2D eigenvalue weighted by molar-refractivity contribution is 6.07. The number of rotatable bonds is 4. The van der Waals surface area contributed by atoms with Gasteiger partial charge in [-0.15, -0.1) is 0 Å². The van der Waals surface area contributed by atoms with Gasteiger partial charge in [0.15, 0.2) is 0 Å². The van der Waals surface area contributed by atoms with E-state index in [4.69, 9.17) is 0 Å². The normalized spacial score (nSPS) is 10.4. The molecule has 0 spiro atoms. The number of aryl methyl sites for hydroxylation is 2. The van der Waals surface area contributed by atoms with Crippen molar-refractivity contribution in [2.75, 3.05) is 5.32 Å². The standard InChI is InChI=1S/C21H18N2O3/c1-13-3-8-18(17(11-13)21(25)26)23-20(24)16-6-4-15(5-7-16)19-12-14(2)9-10-22-19/h3-12H,1-2H3,(H,23,24)(H,25,26)/p-1. The van der Waals surface area contributed by atoms with Crippen molar-refractivity contribution in [2.45, 2.75) is 13.8 Å². The summed E-state index contributed by atoms with van der Waals surface area (Å²) in [6.45, 7) is 3.76. The molecule has 0 atom stereocenters. The molecule has 1 heterocycles. The van der Waals surface area contributed by atoms with Gasteiger partial charge in [0.05, 0.1) is 17.4 Å². The number of carboxylic acid groups (broad SMARTS) is 1. The molecular formula is C21H17N2O3-. The highest BCUT2D eigenvalue weighted by Crippen LogP contribution is 2.20. The summed E-state index contributed by atoms with van der Waals surface area (Å²) in [5.41, 5.74) is 4.20. The number of carbonyl (C=O) groups excluding carboxylic acids is 2. The second-order valence-corrected chi connectivity index (χ2v) is 6.09. The van der Waals surface area contributed by atoms with Crippen LogP contribution in [0.5, 0.6) is 0 Å². The molecular weight excluding hydrogens is 328 g/mol. The Morgan fingerprint density at radius 3 is 2.27 bits per heavy atom. The summed E-state index contributed by atoms with van der Waals surface area (Å²) in [5.74, 6) is -1.72. The Hall–Kier alpha value is -3.47. The fourth-order valence-electron chi connectivity index (χ4n) is 2.62. The number of pyridine rings is 1. The number of anilines is 1. The number of aromatic carboxylic acids is 1. The smallest absolute Gasteiger partial charge is 0.255 e. The molecule has 0 saturated carbocycles. The van der Waals surface area contributed by atoms with E-state index in [0.29, 0.717) is 5.56 Å². The number of benzene rings is 2. The molecule has 0 saturated heterocycles. The van der Waals surface area contributed by atoms with Gasteiger partial charge in [-0.1, -0.05) is 23.8 Å². The minimum Gasteiger partial charge on any atom is -0.545 e. The molecule has 0 radical (unpaired) electrons. The van der Waals surface area contributed by atoms with Gasteiger partial charge < -0.3 is 15.2 Å². The third kappa shape index (κ3) is 3.78. The molecule has 1 amide bonds. The highest BCUT2D eigenvalue weighted by Gasteiger charge is 2.11. The van der Waals surface area contributed by atoms with Crippen LogP contribution < -0.4 is 10.4 Å². The second kappa shape index (κ2) is 7.19. The number of aromatic nitrogens is 1. The number of hydrogen-bond donors (Lipinski definition) is 1. The number of amides is 1. The van der Waals surface area contributed by atoms with E-state index in [0.717, 1.165) is 22.4 Å². The molecule has 2 aromatic carbocycles. The average Bonchev–Trinajstić information content (AvgIpc) is 2.63. The molecule has 130 valence electrons. The lowest BCUT2D eigenvalue weighted by molar-refractivity contribution is -0.254. The molecule has 5 heteroatoms. The summed E-state index contributed by atoms with van der Waals surface area (Å²) < 4.78 is 0. The first-order valence-corrected chi connectivity index (χ1v) is 8.10. The molecule has 3 aromatic rings. The van der Waals surface area contributed by atoms with Crippen LogP contribution in [0.3, 0.4) is 0 Å². The van der Waals surface area contributed by atoms with Gasteiger partial charge >= 0.3 is 0 Å². The van der Waals surface area contributed by atoms with Crippen molar-refractivity contribution in [3.63, 3.8) is 0 Å². The SMILES string of the molecule is Cc1ccnc(-c2ccc(C(=O)Nc3ccc(C)cc3C(=O)[O-])cc2)c1. The first-order valence-electron chi connectivity index (χ1n) is 8.10. The Kier molecular flexibility index (Phi) is 4.80. The second-order valence-electron chi connectivity index (χ2n) is 6.09. The van der Waals surface area contributed by atoms with Crippen molar-refractivity contribution in [2.24, 2.45) is 0 Å². The molecule has 5 nitrogen and oxygen atoms in total. The zero-order valence-corrected chi connectivity index (χ0v) is 14.4. The number of carboxylic acids is 1. The molecule has 0 aliphatic rings. The van der Waals surface area contributed by atoms with E-state index in [9.17, 15) is 14.7 Å². The maximum absolute atomic E-state index is 12.4. The van der Waals surface area contributed by atoms with Crippen molar-refractivity contribution in [3.8, 4) is 11.3 Å². The largest absolute Gasteiger partial charge is 0.545 e. The minimum atomic E-state index is -1.33. The van der Waals surface area contributed by atoms with Crippen LogP contribution in [-0.4, -0.2) is 16.9 Å². The Balaban J connectivity index is 1.82. The summed E-state index contributed by atoms with van der Waals surface area (Å²) in [7, 11) is 0. The predicted octanol–water partition coefficient (Wildman–Crippen LogP) is 2.98. The maximum atomic E-state index is 12.4. The van der Waals surface area contributed by atoms with Gasteiger partial charge in [-0.2, -0.15) is 0 Å². The summed E-state index contributed by atoms with van der Waals surface area (Å²) in [5, 5.41) is 13.9. The Morgan fingerprint density at radius 2 is 1.62 bits per heavy atom. The van der Waals surface area contributed by atoms with Gasteiger partial charge in [0.1, 0.15) is 0 Å². The highest BCUT2D eigenvalue weighted by atomic mass is 16.4. The van der Waals surface area contributed by atoms with Gasteiger partial charge in [-0.3, -0.25) is 9.78 Å². The summed E-state index contributed by atoms with van der Waals surface area (Å²) in [6, 6.07) is 15.6. The Morgan fingerprint density at radius 1 is 0.923 bits per heavy atom.